The van der Waals surface area contributed by atoms with Crippen LogP contribution in [-0.4, -0.2) is 38.8 Å². The lowest BCUT2D eigenvalue weighted by Gasteiger charge is -2.17. The predicted molar refractivity (Wildman–Crippen MR) is 58.5 cm³/mol. The number of nitrogens with zero attached hydrogens (tertiary/aromatic N) is 3. The molecule has 15 heavy (non-hydrogen) atoms. The third-order valence-corrected chi connectivity index (χ3v) is 2.94. The van der Waals surface area contributed by atoms with Crippen LogP contribution in [0.2, 0.25) is 0 Å². The molecule has 0 aliphatic carbocycles. The van der Waals surface area contributed by atoms with E-state index < -0.39 is 0 Å². The lowest BCUT2D eigenvalue weighted by Crippen LogP contribution is -2.23. The average Bonchev–Trinajstić information content (AvgIpc) is 2.75. The molecule has 4 heteroatoms. The fourth-order valence-corrected chi connectivity index (χ4v) is 2.10. The van der Waals surface area contributed by atoms with Crippen molar-refractivity contribution >= 4 is 0 Å². The Morgan fingerprint density at radius 2 is 2.40 bits per heavy atom. The molecule has 1 atom stereocenters. The molecule has 0 saturated carbocycles. The van der Waals surface area contributed by atoms with Crippen LogP contribution in [0.25, 0.3) is 0 Å². The van der Waals surface area contributed by atoms with Gasteiger partial charge in [0.2, 0.25) is 0 Å². The molecule has 0 spiro atoms. The van der Waals surface area contributed by atoms with E-state index in [9.17, 15) is 5.11 Å². The molecule has 0 amide bonds. The molecular weight excluding hydrogens is 190 g/mol. The van der Waals surface area contributed by atoms with E-state index in [1.54, 1.807) is 0 Å². The maximum atomic E-state index is 9.44. The van der Waals surface area contributed by atoms with Gasteiger partial charge < -0.3 is 9.67 Å². The van der Waals surface area contributed by atoms with Crippen molar-refractivity contribution in [3.63, 3.8) is 0 Å². The minimum absolute atomic E-state index is 0.138. The zero-order chi connectivity index (χ0) is 10.8. The van der Waals surface area contributed by atoms with Gasteiger partial charge in [-0.1, -0.05) is 0 Å². The van der Waals surface area contributed by atoms with Gasteiger partial charge in [0.25, 0.3) is 0 Å². The molecule has 1 aliphatic rings. The number of aliphatic hydroxyl groups excluding tert-OH is 1. The Balaban J connectivity index is 2.01. The molecule has 0 unspecified atom stereocenters. The van der Waals surface area contributed by atoms with Crippen molar-refractivity contribution in [2.45, 2.75) is 39.0 Å². The summed E-state index contributed by atoms with van der Waals surface area (Å²) in [7, 11) is 0. The minimum atomic E-state index is -0.138. The summed E-state index contributed by atoms with van der Waals surface area (Å²) in [6, 6.07) is 0.454. The molecular formula is C11H19N3O. The number of β-amino-alcohol motifs (C(OH)–C–C–N with tert-alkyl or cyclic N) is 1. The second-order valence-corrected chi connectivity index (χ2v) is 4.56. The molecule has 0 bridgehead atoms. The summed E-state index contributed by atoms with van der Waals surface area (Å²) in [5.74, 6) is 0. The number of rotatable bonds is 3. The van der Waals surface area contributed by atoms with E-state index in [1.165, 1.54) is 5.69 Å². The largest absolute Gasteiger partial charge is 0.392 e. The van der Waals surface area contributed by atoms with Gasteiger partial charge in [0.05, 0.1) is 18.1 Å². The monoisotopic (exact) mass is 209 g/mol. The van der Waals surface area contributed by atoms with Crippen molar-refractivity contribution in [1.82, 2.24) is 14.5 Å². The van der Waals surface area contributed by atoms with Gasteiger partial charge >= 0.3 is 0 Å². The van der Waals surface area contributed by atoms with Gasteiger partial charge in [0.1, 0.15) is 0 Å². The maximum absolute atomic E-state index is 9.44. The molecule has 1 aromatic heterocycles. The van der Waals surface area contributed by atoms with Crippen molar-refractivity contribution in [1.29, 1.82) is 0 Å². The predicted octanol–water partition coefficient (Wildman–Crippen LogP) is 1.03. The Kier molecular flexibility index (Phi) is 3.07. The summed E-state index contributed by atoms with van der Waals surface area (Å²) in [4.78, 5) is 6.46. The van der Waals surface area contributed by atoms with E-state index in [0.717, 1.165) is 26.1 Å². The number of hydrogen-bond donors (Lipinski definition) is 1. The van der Waals surface area contributed by atoms with Crippen molar-refractivity contribution in [2.75, 3.05) is 13.1 Å². The SMILES string of the molecule is CC(C)n1cncc1CN1CC[C@H](O)C1. The van der Waals surface area contributed by atoms with Gasteiger partial charge in [-0.3, -0.25) is 4.90 Å². The Morgan fingerprint density at radius 3 is 3.00 bits per heavy atom. The number of hydrogen-bond acceptors (Lipinski definition) is 3. The van der Waals surface area contributed by atoms with Crippen LogP contribution in [0, 0.1) is 0 Å². The third-order valence-electron chi connectivity index (χ3n) is 2.94. The molecule has 4 nitrogen and oxygen atoms in total. The van der Waals surface area contributed by atoms with Crippen molar-refractivity contribution in [2.24, 2.45) is 0 Å². The Bertz CT molecular complexity index is 321. The smallest absolute Gasteiger partial charge is 0.0951 e. The van der Waals surface area contributed by atoms with Crippen LogP contribution in [0.3, 0.4) is 0 Å². The van der Waals surface area contributed by atoms with E-state index in [4.69, 9.17) is 0 Å². The Hall–Kier alpha value is -0.870. The highest BCUT2D eigenvalue weighted by atomic mass is 16.3. The van der Waals surface area contributed by atoms with Crippen molar-refractivity contribution in [3.8, 4) is 0 Å². The first-order valence-corrected chi connectivity index (χ1v) is 5.58. The summed E-state index contributed by atoms with van der Waals surface area (Å²) in [6.07, 6.45) is 4.56. The van der Waals surface area contributed by atoms with Crippen molar-refractivity contribution in [3.05, 3.63) is 18.2 Å². The van der Waals surface area contributed by atoms with Gasteiger partial charge in [-0.15, -0.1) is 0 Å². The van der Waals surface area contributed by atoms with Gasteiger partial charge in [-0.05, 0) is 20.3 Å². The Labute approximate surface area is 90.5 Å². The molecule has 1 aromatic rings. The van der Waals surface area contributed by atoms with E-state index in [-0.39, 0.29) is 6.10 Å². The third kappa shape index (κ3) is 2.38. The molecule has 2 rings (SSSR count). The second kappa shape index (κ2) is 4.33. The van der Waals surface area contributed by atoms with Crippen molar-refractivity contribution < 1.29 is 5.11 Å². The zero-order valence-corrected chi connectivity index (χ0v) is 9.43. The summed E-state index contributed by atoms with van der Waals surface area (Å²) in [6.45, 7) is 7.00. The standard InChI is InChI=1S/C11H19N3O/c1-9(2)14-8-12-5-10(14)6-13-4-3-11(15)7-13/h5,8-9,11,15H,3-4,6-7H2,1-2H3/t11-/m0/s1. The van der Waals surface area contributed by atoms with Crippen LogP contribution in [-0.2, 0) is 6.54 Å². The normalized spacial score (nSPS) is 22.8. The number of aromatic nitrogens is 2. The number of aliphatic hydroxyl groups is 1. The molecule has 0 radical (unpaired) electrons. The fourth-order valence-electron chi connectivity index (χ4n) is 2.10. The first kappa shape index (κ1) is 10.6. The van der Waals surface area contributed by atoms with Crippen LogP contribution in [0.15, 0.2) is 12.5 Å². The molecule has 0 aromatic carbocycles. The van der Waals surface area contributed by atoms with E-state index >= 15 is 0 Å². The summed E-state index contributed by atoms with van der Waals surface area (Å²) < 4.78 is 2.19. The van der Waals surface area contributed by atoms with Crippen LogP contribution in [0.1, 0.15) is 32.0 Å². The first-order valence-electron chi connectivity index (χ1n) is 5.58. The maximum Gasteiger partial charge on any atom is 0.0951 e. The van der Waals surface area contributed by atoms with Gasteiger partial charge in [-0.25, -0.2) is 4.98 Å². The van der Waals surface area contributed by atoms with E-state index in [0.29, 0.717) is 6.04 Å². The highest BCUT2D eigenvalue weighted by Crippen LogP contribution is 2.15. The van der Waals surface area contributed by atoms with E-state index in [2.05, 4.69) is 28.3 Å². The molecule has 2 heterocycles. The lowest BCUT2D eigenvalue weighted by molar-refractivity contribution is 0.174. The van der Waals surface area contributed by atoms with E-state index in [1.807, 2.05) is 12.5 Å². The Morgan fingerprint density at radius 1 is 1.60 bits per heavy atom. The molecule has 1 aliphatic heterocycles. The molecule has 1 fully saturated rings. The van der Waals surface area contributed by atoms with Crippen LogP contribution < -0.4 is 0 Å². The topological polar surface area (TPSA) is 41.3 Å². The molecule has 1 saturated heterocycles. The highest BCUT2D eigenvalue weighted by Gasteiger charge is 2.21. The molecule has 84 valence electrons. The lowest BCUT2D eigenvalue weighted by atomic mass is 10.3. The minimum Gasteiger partial charge on any atom is -0.392 e. The summed E-state index contributed by atoms with van der Waals surface area (Å²) >= 11 is 0. The van der Waals surface area contributed by atoms with Crippen LogP contribution in [0.4, 0.5) is 0 Å². The summed E-state index contributed by atoms with van der Waals surface area (Å²) in [5.41, 5.74) is 1.24. The first-order chi connectivity index (χ1) is 7.16. The highest BCUT2D eigenvalue weighted by molar-refractivity contribution is 5.00. The van der Waals surface area contributed by atoms with Crippen LogP contribution in [0.5, 0.6) is 0 Å². The van der Waals surface area contributed by atoms with Gasteiger partial charge in [0.15, 0.2) is 0 Å². The molecule has 1 N–H and O–H groups in total. The quantitative estimate of drug-likeness (QED) is 0.808. The van der Waals surface area contributed by atoms with Crippen LogP contribution >= 0.6 is 0 Å². The zero-order valence-electron chi connectivity index (χ0n) is 9.43. The number of imidazole rings is 1. The average molecular weight is 209 g/mol. The fraction of sp³-hybridized carbons (Fsp3) is 0.727. The van der Waals surface area contributed by atoms with Gasteiger partial charge in [-0.2, -0.15) is 0 Å². The second-order valence-electron chi connectivity index (χ2n) is 4.56. The number of likely N-dealkylation sites (tertiary alicyclic amines) is 1. The van der Waals surface area contributed by atoms with Gasteiger partial charge in [0, 0.05) is 31.9 Å². The summed E-state index contributed by atoms with van der Waals surface area (Å²) in [5, 5.41) is 9.44.